The zero-order valence-electron chi connectivity index (χ0n) is 13.8. The van der Waals surface area contributed by atoms with Gasteiger partial charge in [-0.3, -0.25) is 0 Å². The van der Waals surface area contributed by atoms with E-state index in [0.29, 0.717) is 12.5 Å². The van der Waals surface area contributed by atoms with Crippen LogP contribution < -0.4 is 14.8 Å². The fourth-order valence-corrected chi connectivity index (χ4v) is 2.16. The number of hydrogen-bond acceptors (Lipinski definition) is 3. The van der Waals surface area contributed by atoms with Crippen molar-refractivity contribution in [2.24, 2.45) is 5.92 Å². The van der Waals surface area contributed by atoms with Gasteiger partial charge in [-0.15, -0.1) is 0 Å². The lowest BCUT2D eigenvalue weighted by Gasteiger charge is -2.14. The van der Waals surface area contributed by atoms with Crippen LogP contribution in [0.2, 0.25) is 0 Å². The van der Waals surface area contributed by atoms with Crippen molar-refractivity contribution in [2.45, 2.75) is 27.3 Å². The van der Waals surface area contributed by atoms with E-state index in [1.54, 1.807) is 7.11 Å². The van der Waals surface area contributed by atoms with Crippen LogP contribution in [0.4, 0.5) is 5.69 Å². The summed E-state index contributed by atoms with van der Waals surface area (Å²) in [4.78, 5) is 0. The Balaban J connectivity index is 2.06. The minimum Gasteiger partial charge on any atom is -0.493 e. The highest BCUT2D eigenvalue weighted by Gasteiger charge is 2.07. The molecular formula is C19H25NO2. The van der Waals surface area contributed by atoms with Gasteiger partial charge in [0.2, 0.25) is 0 Å². The van der Waals surface area contributed by atoms with E-state index < -0.39 is 0 Å². The van der Waals surface area contributed by atoms with Crippen LogP contribution in [0.1, 0.15) is 25.0 Å². The van der Waals surface area contributed by atoms with Gasteiger partial charge in [-0.25, -0.2) is 0 Å². The van der Waals surface area contributed by atoms with Gasteiger partial charge in [-0.05, 0) is 48.2 Å². The maximum Gasteiger partial charge on any atom is 0.161 e. The Morgan fingerprint density at radius 2 is 1.86 bits per heavy atom. The molecule has 2 aromatic carbocycles. The molecule has 118 valence electrons. The third kappa shape index (κ3) is 4.69. The fraction of sp³-hybridized carbons (Fsp3) is 0.368. The van der Waals surface area contributed by atoms with Crippen LogP contribution in [0.25, 0.3) is 0 Å². The monoisotopic (exact) mass is 299 g/mol. The number of aryl methyl sites for hydroxylation is 1. The molecule has 0 atom stereocenters. The van der Waals surface area contributed by atoms with Crippen molar-refractivity contribution in [1.82, 2.24) is 0 Å². The molecule has 0 aliphatic carbocycles. The molecule has 0 aliphatic heterocycles. The Morgan fingerprint density at radius 1 is 1.05 bits per heavy atom. The van der Waals surface area contributed by atoms with Gasteiger partial charge in [0.25, 0.3) is 0 Å². The molecule has 0 heterocycles. The topological polar surface area (TPSA) is 30.5 Å². The lowest BCUT2D eigenvalue weighted by Crippen LogP contribution is -2.06. The first-order valence-electron chi connectivity index (χ1n) is 7.68. The summed E-state index contributed by atoms with van der Waals surface area (Å²) >= 11 is 0. The van der Waals surface area contributed by atoms with Crippen LogP contribution in [0, 0.1) is 12.8 Å². The lowest BCUT2D eigenvalue weighted by atomic mass is 10.1. The minimum atomic E-state index is 0.485. The van der Waals surface area contributed by atoms with Gasteiger partial charge in [0.05, 0.1) is 13.7 Å². The van der Waals surface area contributed by atoms with Crippen molar-refractivity contribution in [3.8, 4) is 11.5 Å². The Labute approximate surface area is 133 Å². The Hall–Kier alpha value is -2.16. The molecule has 0 saturated carbocycles. The van der Waals surface area contributed by atoms with Crippen LogP contribution in [0.5, 0.6) is 11.5 Å². The van der Waals surface area contributed by atoms with E-state index in [-0.39, 0.29) is 0 Å². The quantitative estimate of drug-likeness (QED) is 0.807. The number of hydrogen-bond donors (Lipinski definition) is 1. The molecule has 0 bridgehead atoms. The third-order valence-electron chi connectivity index (χ3n) is 3.31. The van der Waals surface area contributed by atoms with E-state index in [4.69, 9.17) is 9.47 Å². The summed E-state index contributed by atoms with van der Waals surface area (Å²) in [5.41, 5.74) is 3.54. The first kappa shape index (κ1) is 16.2. The zero-order valence-corrected chi connectivity index (χ0v) is 13.8. The normalized spacial score (nSPS) is 10.6. The number of anilines is 1. The second kappa shape index (κ2) is 7.74. The molecule has 2 aromatic rings. The van der Waals surface area contributed by atoms with Crippen molar-refractivity contribution in [3.05, 3.63) is 53.6 Å². The molecular weight excluding hydrogens is 274 g/mol. The molecule has 0 fully saturated rings. The zero-order chi connectivity index (χ0) is 15.9. The highest BCUT2D eigenvalue weighted by molar-refractivity contribution is 5.48. The lowest BCUT2D eigenvalue weighted by molar-refractivity contribution is 0.256. The van der Waals surface area contributed by atoms with Crippen molar-refractivity contribution < 1.29 is 9.47 Å². The van der Waals surface area contributed by atoms with E-state index in [2.05, 4.69) is 56.4 Å². The number of ether oxygens (including phenoxy) is 2. The molecule has 3 heteroatoms. The van der Waals surface area contributed by atoms with Crippen molar-refractivity contribution in [1.29, 1.82) is 0 Å². The Kier molecular flexibility index (Phi) is 5.70. The van der Waals surface area contributed by atoms with Gasteiger partial charge in [0.15, 0.2) is 11.5 Å². The van der Waals surface area contributed by atoms with Crippen LogP contribution >= 0.6 is 0 Å². The van der Waals surface area contributed by atoms with E-state index in [1.165, 1.54) is 11.1 Å². The first-order valence-corrected chi connectivity index (χ1v) is 7.68. The average Bonchev–Trinajstić information content (AvgIpc) is 2.51. The smallest absolute Gasteiger partial charge is 0.161 e. The molecule has 3 nitrogen and oxygen atoms in total. The van der Waals surface area contributed by atoms with Gasteiger partial charge in [0.1, 0.15) is 0 Å². The van der Waals surface area contributed by atoms with E-state index in [9.17, 15) is 0 Å². The number of methoxy groups -OCH3 is 1. The molecule has 0 spiro atoms. The molecule has 0 aliphatic rings. The van der Waals surface area contributed by atoms with Gasteiger partial charge < -0.3 is 14.8 Å². The average molecular weight is 299 g/mol. The van der Waals surface area contributed by atoms with Gasteiger partial charge in [-0.2, -0.15) is 0 Å². The third-order valence-corrected chi connectivity index (χ3v) is 3.31. The van der Waals surface area contributed by atoms with Crippen LogP contribution in [0.15, 0.2) is 42.5 Å². The summed E-state index contributed by atoms with van der Waals surface area (Å²) in [5.74, 6) is 2.07. The first-order chi connectivity index (χ1) is 10.6. The Bertz CT molecular complexity index is 608. The van der Waals surface area contributed by atoms with E-state index >= 15 is 0 Å². The molecule has 0 aromatic heterocycles. The second-order valence-electron chi connectivity index (χ2n) is 5.91. The SMILES string of the molecule is COc1ccc(CNc2cccc(C)c2)cc1OCC(C)C. The number of nitrogens with one attached hydrogen (secondary N) is 1. The van der Waals surface area contributed by atoms with Crippen molar-refractivity contribution in [2.75, 3.05) is 19.0 Å². The van der Waals surface area contributed by atoms with Crippen LogP contribution in [-0.4, -0.2) is 13.7 Å². The predicted octanol–water partition coefficient (Wildman–Crippen LogP) is 4.65. The van der Waals surface area contributed by atoms with Crippen LogP contribution in [-0.2, 0) is 6.54 Å². The summed E-state index contributed by atoms with van der Waals surface area (Å²) in [5, 5.41) is 3.43. The maximum absolute atomic E-state index is 5.85. The molecule has 2 rings (SSSR count). The summed E-state index contributed by atoms with van der Waals surface area (Å²) in [6, 6.07) is 14.4. The minimum absolute atomic E-state index is 0.485. The number of rotatable bonds is 7. The van der Waals surface area contributed by atoms with E-state index in [1.807, 2.05) is 12.1 Å². The molecule has 0 saturated heterocycles. The second-order valence-corrected chi connectivity index (χ2v) is 5.91. The molecule has 0 amide bonds. The summed E-state index contributed by atoms with van der Waals surface area (Å²) in [7, 11) is 1.67. The van der Waals surface area contributed by atoms with Gasteiger partial charge >= 0.3 is 0 Å². The molecule has 22 heavy (non-hydrogen) atoms. The predicted molar refractivity (Wildman–Crippen MR) is 91.8 cm³/mol. The largest absolute Gasteiger partial charge is 0.493 e. The Morgan fingerprint density at radius 3 is 2.55 bits per heavy atom. The summed E-state index contributed by atoms with van der Waals surface area (Å²) < 4.78 is 11.2. The highest BCUT2D eigenvalue weighted by Crippen LogP contribution is 2.28. The fourth-order valence-electron chi connectivity index (χ4n) is 2.16. The molecule has 0 unspecified atom stereocenters. The summed E-state index contributed by atoms with van der Waals surface area (Å²) in [6.07, 6.45) is 0. The standard InChI is InChI=1S/C19H25NO2/c1-14(2)13-22-19-11-16(8-9-18(19)21-4)12-20-17-7-5-6-15(3)10-17/h5-11,14,20H,12-13H2,1-4H3. The van der Waals surface area contributed by atoms with Gasteiger partial charge in [-0.1, -0.05) is 32.0 Å². The summed E-state index contributed by atoms with van der Waals surface area (Å²) in [6.45, 7) is 7.80. The van der Waals surface area contributed by atoms with Crippen LogP contribution in [0.3, 0.4) is 0 Å². The highest BCUT2D eigenvalue weighted by atomic mass is 16.5. The number of benzene rings is 2. The molecule has 0 radical (unpaired) electrons. The van der Waals surface area contributed by atoms with Crippen molar-refractivity contribution >= 4 is 5.69 Å². The maximum atomic E-state index is 5.85. The molecule has 1 N–H and O–H groups in total. The van der Waals surface area contributed by atoms with E-state index in [0.717, 1.165) is 23.7 Å². The van der Waals surface area contributed by atoms with Gasteiger partial charge in [0, 0.05) is 12.2 Å². The van der Waals surface area contributed by atoms with Crippen molar-refractivity contribution in [3.63, 3.8) is 0 Å².